The molecule has 0 spiro atoms. The summed E-state index contributed by atoms with van der Waals surface area (Å²) in [4.78, 5) is 35.1. The second-order valence-electron chi connectivity index (χ2n) is 12.4. The zero-order valence-electron chi connectivity index (χ0n) is 23.7. The summed E-state index contributed by atoms with van der Waals surface area (Å²) in [5.41, 5.74) is 7.78. The van der Waals surface area contributed by atoms with Crippen LogP contribution in [0.5, 0.6) is 0 Å². The first kappa shape index (κ1) is 27.7. The number of rotatable bonds is 3. The Kier molecular flexibility index (Phi) is 6.83. The van der Waals surface area contributed by atoms with Crippen molar-refractivity contribution in [3.05, 3.63) is 51.5 Å². The lowest BCUT2D eigenvalue weighted by atomic mass is 9.86. The minimum atomic E-state index is -0.598. The van der Waals surface area contributed by atoms with Gasteiger partial charge in [0.15, 0.2) is 0 Å². The number of carbonyl (C=O) groups excluding carboxylic acids is 2. The van der Waals surface area contributed by atoms with E-state index in [4.69, 9.17) is 10.5 Å². The monoisotopic (exact) mass is 583 g/mol. The van der Waals surface area contributed by atoms with Gasteiger partial charge in [-0.1, -0.05) is 0 Å². The molecule has 218 valence electrons. The van der Waals surface area contributed by atoms with Crippen molar-refractivity contribution in [1.82, 2.24) is 15.2 Å². The molecule has 6 rings (SSSR count). The largest absolute Gasteiger partial charge is 0.444 e. The molecule has 2 amide bonds. The number of piperazine rings is 1. The number of hydrogen-bond acceptors (Lipinski definition) is 7. The van der Waals surface area contributed by atoms with E-state index in [1.54, 1.807) is 4.90 Å². The molecule has 0 saturated carbocycles. The number of aromatic nitrogens is 1. The predicted molar refractivity (Wildman–Crippen MR) is 156 cm³/mol. The highest BCUT2D eigenvalue weighted by molar-refractivity contribution is 7.21. The van der Waals surface area contributed by atoms with Crippen LogP contribution in [0.3, 0.4) is 0 Å². The van der Waals surface area contributed by atoms with Crippen molar-refractivity contribution < 1.29 is 23.1 Å². The topological polar surface area (TPSA) is 101 Å². The standard InChI is InChI=1S/C30H35F2N5O3S/c1-15-5-9-20-25(33)26(41-28(20)34-15)27(38)35-16-6-10-19-21(11-16)22(31)12-23(24(19)32)36-13-17-7-8-18(14-36)37(17)29(39)40-30(2,3)4/h5,9,12,16-18H,6-8,10-11,13-14,33H2,1-4H3,(H,35,38). The molecule has 4 heterocycles. The van der Waals surface area contributed by atoms with E-state index in [0.717, 1.165) is 23.9 Å². The van der Waals surface area contributed by atoms with Gasteiger partial charge < -0.3 is 20.7 Å². The number of carbonyl (C=O) groups is 2. The third-order valence-corrected chi connectivity index (χ3v) is 9.41. The van der Waals surface area contributed by atoms with Gasteiger partial charge in [0, 0.05) is 36.3 Å². The molecule has 2 aromatic heterocycles. The number of ether oxygens (including phenoxy) is 1. The summed E-state index contributed by atoms with van der Waals surface area (Å²) in [5, 5.41) is 3.72. The van der Waals surface area contributed by atoms with Crippen molar-refractivity contribution in [3.8, 4) is 0 Å². The van der Waals surface area contributed by atoms with E-state index >= 15 is 8.78 Å². The van der Waals surface area contributed by atoms with Crippen LogP contribution < -0.4 is 16.0 Å². The van der Waals surface area contributed by atoms with Crippen LogP contribution in [0.4, 0.5) is 25.0 Å². The Labute approximate surface area is 241 Å². The average molecular weight is 584 g/mol. The summed E-state index contributed by atoms with van der Waals surface area (Å²) in [6.45, 7) is 8.23. The highest BCUT2D eigenvalue weighted by Crippen LogP contribution is 2.39. The minimum Gasteiger partial charge on any atom is -0.444 e. The molecule has 3 atom stereocenters. The van der Waals surface area contributed by atoms with Gasteiger partial charge >= 0.3 is 6.09 Å². The third-order valence-electron chi connectivity index (χ3n) is 8.30. The van der Waals surface area contributed by atoms with Crippen LogP contribution in [0, 0.1) is 18.6 Å². The fraction of sp³-hybridized carbons (Fsp3) is 0.500. The van der Waals surface area contributed by atoms with Crippen molar-refractivity contribution in [3.63, 3.8) is 0 Å². The summed E-state index contributed by atoms with van der Waals surface area (Å²) in [6, 6.07) is 4.42. The van der Waals surface area contributed by atoms with Crippen LogP contribution in [0.1, 0.15) is 66.5 Å². The molecule has 41 heavy (non-hydrogen) atoms. The van der Waals surface area contributed by atoms with Gasteiger partial charge in [0.25, 0.3) is 5.91 Å². The lowest BCUT2D eigenvalue weighted by molar-refractivity contribution is 0.0122. The summed E-state index contributed by atoms with van der Waals surface area (Å²) in [7, 11) is 0. The number of benzene rings is 1. The van der Waals surface area contributed by atoms with Gasteiger partial charge in [-0.05, 0) is 83.1 Å². The second kappa shape index (κ2) is 10.1. The highest BCUT2D eigenvalue weighted by atomic mass is 32.1. The zero-order valence-corrected chi connectivity index (χ0v) is 24.5. The normalized spacial score (nSPS) is 22.1. The predicted octanol–water partition coefficient (Wildman–Crippen LogP) is 5.34. The molecular weight excluding hydrogens is 548 g/mol. The van der Waals surface area contributed by atoms with Gasteiger partial charge in [-0.3, -0.25) is 9.69 Å². The SMILES string of the molecule is Cc1ccc2c(N)c(C(=O)NC3CCc4c(F)c(N5CC6CCC(C5)N6C(=O)OC(C)(C)C)cc(F)c4C3)sc2n1. The maximum Gasteiger partial charge on any atom is 0.410 e. The number of hydrogen-bond donors (Lipinski definition) is 2. The Bertz CT molecular complexity index is 1540. The zero-order chi connectivity index (χ0) is 29.2. The first-order chi connectivity index (χ1) is 19.4. The number of fused-ring (bicyclic) bond motifs is 4. The molecule has 1 aromatic carbocycles. The number of thiophene rings is 1. The molecule has 3 N–H and O–H groups in total. The van der Waals surface area contributed by atoms with Crippen LogP contribution in [0.2, 0.25) is 0 Å². The van der Waals surface area contributed by atoms with Crippen molar-refractivity contribution in [2.45, 2.75) is 83.5 Å². The molecule has 1 aliphatic carbocycles. The van der Waals surface area contributed by atoms with Gasteiger partial charge in [0.2, 0.25) is 0 Å². The number of nitrogens with two attached hydrogens (primary N) is 1. The average Bonchev–Trinajstić information content (AvgIpc) is 3.37. The Morgan fingerprint density at radius 1 is 1.12 bits per heavy atom. The number of nitrogen functional groups attached to an aromatic ring is 1. The lowest BCUT2D eigenvalue weighted by Gasteiger charge is -2.42. The number of pyridine rings is 1. The summed E-state index contributed by atoms with van der Waals surface area (Å²) in [5.74, 6) is -1.21. The number of halogens is 2. The molecule has 11 heteroatoms. The quantitative estimate of drug-likeness (QED) is 0.432. The maximum absolute atomic E-state index is 15.9. The smallest absolute Gasteiger partial charge is 0.410 e. The van der Waals surface area contributed by atoms with E-state index in [-0.39, 0.29) is 42.2 Å². The Balaban J connectivity index is 1.17. The van der Waals surface area contributed by atoms with Crippen molar-refractivity contribution in [2.75, 3.05) is 23.7 Å². The Morgan fingerprint density at radius 2 is 1.83 bits per heavy atom. The van der Waals surface area contributed by atoms with E-state index in [2.05, 4.69) is 10.3 Å². The van der Waals surface area contributed by atoms with Gasteiger partial charge in [-0.15, -0.1) is 11.3 Å². The van der Waals surface area contributed by atoms with Crippen LogP contribution >= 0.6 is 11.3 Å². The van der Waals surface area contributed by atoms with Gasteiger partial charge in [-0.2, -0.15) is 0 Å². The second-order valence-corrected chi connectivity index (χ2v) is 13.4. The molecule has 2 saturated heterocycles. The molecule has 3 aromatic rings. The number of aryl methyl sites for hydroxylation is 1. The number of nitrogens with one attached hydrogen (secondary N) is 1. The van der Waals surface area contributed by atoms with Crippen molar-refractivity contribution in [1.29, 1.82) is 0 Å². The summed E-state index contributed by atoms with van der Waals surface area (Å²) >= 11 is 1.23. The highest BCUT2D eigenvalue weighted by Gasteiger charge is 2.45. The number of amides is 2. The first-order valence-electron chi connectivity index (χ1n) is 14.1. The number of nitrogens with zero attached hydrogens (tertiary/aromatic N) is 3. The van der Waals surface area contributed by atoms with Gasteiger partial charge in [0.1, 0.15) is 26.9 Å². The third kappa shape index (κ3) is 5.09. The molecule has 8 nitrogen and oxygen atoms in total. The molecular formula is C30H35F2N5O3S. The van der Waals surface area contributed by atoms with E-state index in [1.165, 1.54) is 17.4 Å². The maximum atomic E-state index is 15.9. The van der Waals surface area contributed by atoms with E-state index < -0.39 is 17.2 Å². The molecule has 2 aliphatic heterocycles. The van der Waals surface area contributed by atoms with E-state index in [9.17, 15) is 9.59 Å². The molecule has 2 fully saturated rings. The van der Waals surface area contributed by atoms with Crippen molar-refractivity contribution in [2.24, 2.45) is 0 Å². The summed E-state index contributed by atoms with van der Waals surface area (Å²) in [6.07, 6.45) is 2.25. The lowest BCUT2D eigenvalue weighted by Crippen LogP contribution is -2.57. The van der Waals surface area contributed by atoms with Gasteiger partial charge in [0.05, 0.1) is 23.5 Å². The number of anilines is 2. The first-order valence-corrected chi connectivity index (χ1v) is 14.9. The Hall–Kier alpha value is -3.47. The summed E-state index contributed by atoms with van der Waals surface area (Å²) < 4.78 is 37.0. The molecule has 3 aliphatic rings. The van der Waals surface area contributed by atoms with Crippen LogP contribution in [0.25, 0.3) is 10.2 Å². The van der Waals surface area contributed by atoms with Crippen LogP contribution in [-0.2, 0) is 17.6 Å². The van der Waals surface area contributed by atoms with Crippen LogP contribution in [0.15, 0.2) is 18.2 Å². The fourth-order valence-corrected chi connectivity index (χ4v) is 7.47. The van der Waals surface area contributed by atoms with Crippen molar-refractivity contribution >= 4 is 44.9 Å². The van der Waals surface area contributed by atoms with E-state index in [1.807, 2.05) is 44.7 Å². The minimum absolute atomic E-state index is 0.109. The molecule has 2 bridgehead atoms. The Morgan fingerprint density at radius 3 is 2.51 bits per heavy atom. The molecule has 3 unspecified atom stereocenters. The fourth-order valence-electron chi connectivity index (χ4n) is 6.43. The molecule has 0 radical (unpaired) electrons. The van der Waals surface area contributed by atoms with E-state index in [0.29, 0.717) is 52.5 Å². The van der Waals surface area contributed by atoms with Crippen LogP contribution in [-0.4, -0.2) is 58.7 Å². The van der Waals surface area contributed by atoms with Gasteiger partial charge in [-0.25, -0.2) is 18.6 Å².